The Labute approximate surface area is 359 Å². The Hall–Kier alpha value is -2.74. The third kappa shape index (κ3) is 42.0. The van der Waals surface area contributed by atoms with Gasteiger partial charge in [0.05, 0.1) is 25.9 Å². The Morgan fingerprint density at radius 3 is 1.70 bits per heavy atom. The minimum absolute atomic E-state index is 0.0898. The SMILES string of the molecule is CCCCCC/C=C\C=C/CCCCCCCC(=O)O[C@H](COC(=O)CCC/C=C\C/C=C\C/C=C\C/C=C\C=C\[C@@H](O)CC)COP(=O)(O)OC[C@@H](O)COP(=O)(O)O. The number of unbranched alkanes of at least 4 members (excludes halogenated alkanes) is 10. The molecule has 0 spiro atoms. The molecule has 5 N–H and O–H groups in total. The summed E-state index contributed by atoms with van der Waals surface area (Å²) >= 11 is 0. The molecule has 0 aromatic carbocycles. The van der Waals surface area contributed by atoms with Gasteiger partial charge in [0.1, 0.15) is 12.7 Å². The van der Waals surface area contributed by atoms with Crippen LogP contribution in [0.15, 0.2) is 85.1 Å². The number of aliphatic hydroxyl groups excluding tert-OH is 2. The Balaban J connectivity index is 4.68. The van der Waals surface area contributed by atoms with Crippen molar-refractivity contribution >= 4 is 27.6 Å². The van der Waals surface area contributed by atoms with Crippen molar-refractivity contribution < 1.29 is 66.7 Å². The van der Waals surface area contributed by atoms with Crippen LogP contribution < -0.4 is 0 Å². The lowest BCUT2D eigenvalue weighted by atomic mass is 10.1. The smallest absolute Gasteiger partial charge is 0.462 e. The van der Waals surface area contributed by atoms with Gasteiger partial charge in [-0.1, -0.05) is 137 Å². The Morgan fingerprint density at radius 2 is 1.07 bits per heavy atom. The first-order valence-corrected chi connectivity index (χ1v) is 24.4. The average Bonchev–Trinajstić information content (AvgIpc) is 3.21. The monoisotopic (exact) mass is 888 g/mol. The number of esters is 2. The summed E-state index contributed by atoms with van der Waals surface area (Å²) in [6.07, 6.45) is 41.0. The van der Waals surface area contributed by atoms with Gasteiger partial charge in [-0.05, 0) is 70.6 Å². The predicted molar refractivity (Wildman–Crippen MR) is 236 cm³/mol. The first-order valence-electron chi connectivity index (χ1n) is 21.4. The topological polar surface area (TPSA) is 216 Å². The number of aliphatic hydroxyl groups is 2. The van der Waals surface area contributed by atoms with Crippen molar-refractivity contribution in [3.8, 4) is 0 Å². The minimum atomic E-state index is -4.88. The molecule has 0 radical (unpaired) electrons. The average molecular weight is 889 g/mol. The maximum atomic E-state index is 12.6. The molecule has 0 aromatic rings. The van der Waals surface area contributed by atoms with Gasteiger partial charge in [-0.2, -0.15) is 0 Å². The standard InChI is InChI=1S/C44H74O14P2/c1-3-5-6-7-8-9-10-11-12-17-20-23-26-29-32-35-44(48)58-42(39-57-60(52,53)56-37-41(46)36-55-59(49,50)51)38-54-43(47)34-31-28-25-22-19-16-14-13-15-18-21-24-27-30-33-40(45)4-2/h9-12,14-16,18,22,24-25,27,30,33,40-42,45-46H,3-8,13,17,19-21,23,26,28-29,31-32,34-39H2,1-2H3,(H,52,53)(H2,49,50,51)/b10-9-,12-11-,16-14-,18-15-,25-22-,27-24-,33-30+/t40-,41-,42+/m0/s1. The second-order valence-electron chi connectivity index (χ2n) is 14.1. The maximum absolute atomic E-state index is 12.6. The lowest BCUT2D eigenvalue weighted by Crippen LogP contribution is -2.30. The number of phosphoric ester groups is 2. The van der Waals surface area contributed by atoms with Crippen LogP contribution >= 0.6 is 15.6 Å². The minimum Gasteiger partial charge on any atom is -0.462 e. The molecule has 0 bridgehead atoms. The van der Waals surface area contributed by atoms with Crippen LogP contribution in [0.4, 0.5) is 0 Å². The molecule has 1 unspecified atom stereocenters. The van der Waals surface area contributed by atoms with E-state index in [0.29, 0.717) is 25.7 Å². The highest BCUT2D eigenvalue weighted by Crippen LogP contribution is 2.43. The molecule has 0 rings (SSSR count). The van der Waals surface area contributed by atoms with Crippen molar-refractivity contribution in [3.05, 3.63) is 85.1 Å². The second-order valence-corrected chi connectivity index (χ2v) is 16.8. The lowest BCUT2D eigenvalue weighted by molar-refractivity contribution is -0.161. The fourth-order valence-electron chi connectivity index (χ4n) is 5.03. The molecule has 0 aromatic heterocycles. The number of carbonyl (C=O) groups excluding carboxylic acids is 2. The number of ether oxygens (including phenoxy) is 2. The zero-order valence-corrected chi connectivity index (χ0v) is 37.7. The van der Waals surface area contributed by atoms with Crippen LogP contribution in [0.3, 0.4) is 0 Å². The molecule has 14 nitrogen and oxygen atoms in total. The number of carbonyl (C=O) groups is 2. The van der Waals surface area contributed by atoms with Crippen molar-refractivity contribution in [2.75, 3.05) is 26.4 Å². The highest BCUT2D eigenvalue weighted by atomic mass is 31.2. The zero-order valence-electron chi connectivity index (χ0n) is 35.9. The van der Waals surface area contributed by atoms with Gasteiger partial charge in [-0.3, -0.25) is 23.2 Å². The van der Waals surface area contributed by atoms with Crippen molar-refractivity contribution in [1.82, 2.24) is 0 Å². The normalized spacial score (nSPS) is 15.4. The quantitative estimate of drug-likeness (QED) is 0.0128. The fraction of sp³-hybridized carbons (Fsp3) is 0.636. The third-order valence-corrected chi connectivity index (χ3v) is 9.88. The van der Waals surface area contributed by atoms with Gasteiger partial charge < -0.3 is 34.4 Å². The number of hydrogen-bond donors (Lipinski definition) is 5. The van der Waals surface area contributed by atoms with Crippen LogP contribution in [0, 0.1) is 0 Å². The van der Waals surface area contributed by atoms with Crippen LogP contribution in [-0.4, -0.2) is 81.6 Å². The molecule has 0 aliphatic rings. The summed E-state index contributed by atoms with van der Waals surface area (Å²) in [5, 5.41) is 19.2. The summed E-state index contributed by atoms with van der Waals surface area (Å²) in [4.78, 5) is 52.6. The molecule has 60 heavy (non-hydrogen) atoms. The van der Waals surface area contributed by atoms with Crippen LogP contribution in [0.1, 0.15) is 136 Å². The Bertz CT molecular complexity index is 1400. The first kappa shape index (κ1) is 57.3. The van der Waals surface area contributed by atoms with Crippen molar-refractivity contribution in [2.24, 2.45) is 0 Å². The Kier molecular flexibility index (Phi) is 37.3. The molecule has 0 aliphatic carbocycles. The highest BCUT2D eigenvalue weighted by Gasteiger charge is 2.28. The summed E-state index contributed by atoms with van der Waals surface area (Å²) in [6, 6.07) is 0. The summed E-state index contributed by atoms with van der Waals surface area (Å²) in [6.45, 7) is 1.30. The Morgan fingerprint density at radius 1 is 0.550 bits per heavy atom. The highest BCUT2D eigenvalue weighted by molar-refractivity contribution is 7.47. The van der Waals surface area contributed by atoms with Gasteiger partial charge in [0.15, 0.2) is 6.10 Å². The van der Waals surface area contributed by atoms with E-state index in [9.17, 15) is 33.8 Å². The molecule has 0 saturated carbocycles. The van der Waals surface area contributed by atoms with E-state index in [2.05, 4.69) is 64.6 Å². The van der Waals surface area contributed by atoms with Crippen LogP contribution in [0.2, 0.25) is 0 Å². The van der Waals surface area contributed by atoms with E-state index in [4.69, 9.17) is 23.8 Å². The van der Waals surface area contributed by atoms with Gasteiger partial charge in [0, 0.05) is 12.8 Å². The molecule has 16 heteroatoms. The summed E-state index contributed by atoms with van der Waals surface area (Å²) in [7, 11) is -9.71. The lowest BCUT2D eigenvalue weighted by Gasteiger charge is -2.20. The molecule has 344 valence electrons. The molecule has 0 amide bonds. The van der Waals surface area contributed by atoms with Gasteiger partial charge in [-0.25, -0.2) is 9.13 Å². The van der Waals surface area contributed by atoms with E-state index in [1.54, 1.807) is 6.08 Å². The fourth-order valence-corrected chi connectivity index (χ4v) is 6.19. The summed E-state index contributed by atoms with van der Waals surface area (Å²) in [5.41, 5.74) is 0. The van der Waals surface area contributed by atoms with Crippen molar-refractivity contribution in [1.29, 1.82) is 0 Å². The predicted octanol–water partition coefficient (Wildman–Crippen LogP) is 9.75. The number of phosphoric acid groups is 2. The molecule has 0 heterocycles. The van der Waals surface area contributed by atoms with Crippen LogP contribution in [0.5, 0.6) is 0 Å². The van der Waals surface area contributed by atoms with E-state index in [1.165, 1.54) is 25.7 Å². The molecule has 4 atom stereocenters. The van der Waals surface area contributed by atoms with Crippen LogP contribution in [0.25, 0.3) is 0 Å². The molecule has 0 saturated heterocycles. The van der Waals surface area contributed by atoms with Crippen LogP contribution in [-0.2, 0) is 41.8 Å². The van der Waals surface area contributed by atoms with E-state index in [-0.39, 0.29) is 12.8 Å². The maximum Gasteiger partial charge on any atom is 0.472 e. The number of hydrogen-bond acceptors (Lipinski definition) is 11. The molecule has 0 fully saturated rings. The van der Waals surface area contributed by atoms with Crippen molar-refractivity contribution in [3.63, 3.8) is 0 Å². The molecular formula is C44H74O14P2. The van der Waals surface area contributed by atoms with E-state index >= 15 is 0 Å². The van der Waals surface area contributed by atoms with E-state index < -0.39 is 72.3 Å². The zero-order chi connectivity index (χ0) is 44.6. The third-order valence-electron chi connectivity index (χ3n) is 8.44. The number of rotatable bonds is 39. The second kappa shape index (κ2) is 39.1. The summed E-state index contributed by atoms with van der Waals surface area (Å²) in [5.74, 6) is -1.14. The summed E-state index contributed by atoms with van der Waals surface area (Å²) < 4.78 is 47.6. The molecular weight excluding hydrogens is 814 g/mol. The van der Waals surface area contributed by atoms with E-state index in [1.807, 2.05) is 37.3 Å². The number of allylic oxidation sites excluding steroid dienone is 13. The van der Waals surface area contributed by atoms with Gasteiger partial charge >= 0.3 is 27.6 Å². The van der Waals surface area contributed by atoms with Gasteiger partial charge in [-0.15, -0.1) is 0 Å². The van der Waals surface area contributed by atoms with Crippen molar-refractivity contribution in [2.45, 2.75) is 154 Å². The van der Waals surface area contributed by atoms with Gasteiger partial charge in [0.25, 0.3) is 0 Å². The molecule has 0 aliphatic heterocycles. The van der Waals surface area contributed by atoms with E-state index in [0.717, 1.165) is 57.8 Å². The largest absolute Gasteiger partial charge is 0.472 e. The van der Waals surface area contributed by atoms with Gasteiger partial charge in [0.2, 0.25) is 0 Å². The first-order chi connectivity index (χ1) is 28.8.